The van der Waals surface area contributed by atoms with Crippen LogP contribution < -0.4 is 11.1 Å². The summed E-state index contributed by atoms with van der Waals surface area (Å²) in [5.41, 5.74) is 6.21. The monoisotopic (exact) mass is 716 g/mol. The topological polar surface area (TPSA) is 102 Å². The van der Waals surface area contributed by atoms with Crippen molar-refractivity contribution >= 4 is 40.8 Å². The smallest absolute Gasteiger partial charge is 0.397 e. The van der Waals surface area contributed by atoms with Gasteiger partial charge in [-0.25, -0.2) is 4.79 Å². The molecule has 4 aliphatic rings. The molecule has 0 unspecified atom stereocenters. The van der Waals surface area contributed by atoms with Gasteiger partial charge in [0, 0.05) is 57.4 Å². The van der Waals surface area contributed by atoms with Gasteiger partial charge in [-0.3, -0.25) is 9.59 Å². The quantitative estimate of drug-likeness (QED) is 0.313. The summed E-state index contributed by atoms with van der Waals surface area (Å²) in [5, 5.41) is 2.79. The lowest BCUT2D eigenvalue weighted by Gasteiger charge is -2.39. The molecule has 6 rings (SSSR count). The zero-order chi connectivity index (χ0) is 35.4. The fraction of sp³-hybridized carbons (Fsp3) is 0.595. The van der Waals surface area contributed by atoms with Crippen LogP contribution in [0.1, 0.15) is 68.1 Å². The molecule has 3 saturated heterocycles. The van der Waals surface area contributed by atoms with Gasteiger partial charge in [-0.05, 0) is 99.7 Å². The zero-order valence-corrected chi connectivity index (χ0v) is 29.3. The highest BCUT2D eigenvalue weighted by atomic mass is 35.5. The molecule has 3 N–H and O–H groups in total. The SMILES string of the molecule is Nc1c(Cl)cc(C[C@@H](CC(=O)N2CCC(N3CCc4ccccc4NC3=O)CC2)C(=O)N2CCC(CN3CCCCC3)CC2)cc1C(F)(F)F. The summed E-state index contributed by atoms with van der Waals surface area (Å²) < 4.78 is 41.5. The molecule has 50 heavy (non-hydrogen) atoms. The van der Waals surface area contributed by atoms with Gasteiger partial charge in [0.2, 0.25) is 11.8 Å². The molecular weight excluding hydrogens is 669 g/mol. The minimum atomic E-state index is -4.72. The number of anilines is 2. The minimum Gasteiger partial charge on any atom is -0.397 e. The fourth-order valence-corrected chi connectivity index (χ4v) is 8.41. The van der Waals surface area contributed by atoms with Crippen LogP contribution in [-0.4, -0.2) is 95.8 Å². The third-order valence-corrected chi connectivity index (χ3v) is 11.4. The van der Waals surface area contributed by atoms with Gasteiger partial charge in [-0.1, -0.05) is 36.2 Å². The normalized spacial score (nSPS) is 20.6. The number of hydrogen-bond acceptors (Lipinski definition) is 5. The predicted octanol–water partition coefficient (Wildman–Crippen LogP) is 6.30. The molecule has 0 bridgehead atoms. The summed E-state index contributed by atoms with van der Waals surface area (Å²) in [7, 11) is 0. The van der Waals surface area contributed by atoms with Crippen molar-refractivity contribution < 1.29 is 27.6 Å². The molecule has 4 aliphatic heterocycles. The Morgan fingerprint density at radius 3 is 2.30 bits per heavy atom. The van der Waals surface area contributed by atoms with Crippen molar-refractivity contribution in [2.45, 2.75) is 76.4 Å². The van der Waals surface area contributed by atoms with Crippen molar-refractivity contribution in [2.24, 2.45) is 11.8 Å². The lowest BCUT2D eigenvalue weighted by Crippen LogP contribution is -2.50. The van der Waals surface area contributed by atoms with E-state index < -0.39 is 23.3 Å². The minimum absolute atomic E-state index is 0.0327. The Labute approximate surface area is 297 Å². The van der Waals surface area contributed by atoms with Crippen molar-refractivity contribution in [1.29, 1.82) is 0 Å². The second-order valence-electron chi connectivity index (χ2n) is 14.4. The summed E-state index contributed by atoms with van der Waals surface area (Å²) in [6.07, 6.45) is 2.46. The molecule has 4 amide bonds. The lowest BCUT2D eigenvalue weighted by atomic mass is 9.90. The van der Waals surface area contributed by atoms with Crippen LogP contribution >= 0.6 is 11.6 Å². The number of nitrogen functional groups attached to an aromatic ring is 1. The van der Waals surface area contributed by atoms with Crippen molar-refractivity contribution in [2.75, 3.05) is 63.4 Å². The first kappa shape index (κ1) is 36.3. The van der Waals surface area contributed by atoms with Crippen molar-refractivity contribution in [3.8, 4) is 0 Å². The number of nitrogens with zero attached hydrogens (tertiary/aromatic N) is 4. The maximum absolute atomic E-state index is 14.1. The maximum atomic E-state index is 14.1. The van der Waals surface area contributed by atoms with E-state index in [0.717, 1.165) is 56.2 Å². The number of halogens is 4. The number of carbonyl (C=O) groups is 3. The second-order valence-corrected chi connectivity index (χ2v) is 14.8. The number of para-hydroxylation sites is 1. The first-order valence-corrected chi connectivity index (χ1v) is 18.4. The van der Waals surface area contributed by atoms with Crippen LogP contribution in [0.4, 0.5) is 29.3 Å². The number of piperidine rings is 3. The van der Waals surface area contributed by atoms with Crippen LogP contribution in [0.5, 0.6) is 0 Å². The molecule has 2 aromatic carbocycles. The van der Waals surface area contributed by atoms with Crippen LogP contribution in [0.15, 0.2) is 36.4 Å². The number of nitrogens with one attached hydrogen (secondary N) is 1. The highest BCUT2D eigenvalue weighted by molar-refractivity contribution is 6.33. The van der Waals surface area contributed by atoms with Crippen molar-refractivity contribution in [1.82, 2.24) is 19.6 Å². The second kappa shape index (κ2) is 15.8. The average Bonchev–Trinajstić information content (AvgIpc) is 3.27. The predicted molar refractivity (Wildman–Crippen MR) is 188 cm³/mol. The highest BCUT2D eigenvalue weighted by Gasteiger charge is 2.37. The Kier molecular flexibility index (Phi) is 11.5. The van der Waals surface area contributed by atoms with E-state index in [4.69, 9.17) is 17.3 Å². The third-order valence-electron chi connectivity index (χ3n) is 11.0. The summed E-state index contributed by atoms with van der Waals surface area (Å²) in [6.45, 7) is 5.81. The Morgan fingerprint density at radius 2 is 1.60 bits per heavy atom. The molecule has 1 atom stereocenters. The van der Waals surface area contributed by atoms with Gasteiger partial charge in [0.1, 0.15) is 0 Å². The highest BCUT2D eigenvalue weighted by Crippen LogP contribution is 2.39. The molecule has 272 valence electrons. The first-order chi connectivity index (χ1) is 24.0. The molecule has 3 fully saturated rings. The number of amides is 4. The summed E-state index contributed by atoms with van der Waals surface area (Å²) >= 11 is 6.15. The number of carbonyl (C=O) groups excluding carboxylic acids is 3. The third kappa shape index (κ3) is 8.67. The van der Waals surface area contributed by atoms with Gasteiger partial charge >= 0.3 is 12.2 Å². The van der Waals surface area contributed by atoms with Crippen molar-refractivity contribution in [3.05, 3.63) is 58.1 Å². The van der Waals surface area contributed by atoms with E-state index in [0.29, 0.717) is 51.5 Å². The van der Waals surface area contributed by atoms with Crippen LogP contribution in [0.2, 0.25) is 5.02 Å². The van der Waals surface area contributed by atoms with Gasteiger partial charge in [0.15, 0.2) is 0 Å². The molecule has 0 aliphatic carbocycles. The van der Waals surface area contributed by atoms with Crippen molar-refractivity contribution in [3.63, 3.8) is 0 Å². The fourth-order valence-electron chi connectivity index (χ4n) is 8.16. The summed E-state index contributed by atoms with van der Waals surface area (Å²) in [6, 6.07) is 9.91. The molecular formula is C37H48ClF3N6O3. The van der Waals surface area contributed by atoms with Gasteiger partial charge in [0.25, 0.3) is 0 Å². The maximum Gasteiger partial charge on any atom is 0.418 e. The molecule has 0 saturated carbocycles. The number of hydrogen-bond donors (Lipinski definition) is 2. The Balaban J connectivity index is 1.11. The number of urea groups is 1. The molecule has 9 nitrogen and oxygen atoms in total. The number of benzene rings is 2. The van der Waals surface area contributed by atoms with Crippen LogP contribution in [-0.2, 0) is 28.6 Å². The Morgan fingerprint density at radius 1 is 0.920 bits per heavy atom. The molecule has 0 spiro atoms. The number of nitrogens with two attached hydrogens (primary N) is 1. The number of likely N-dealkylation sites (tertiary alicyclic amines) is 3. The van der Waals surface area contributed by atoms with Gasteiger partial charge in [0.05, 0.1) is 22.2 Å². The number of fused-ring (bicyclic) bond motifs is 1. The lowest BCUT2D eigenvalue weighted by molar-refractivity contribution is -0.143. The average molecular weight is 717 g/mol. The number of alkyl halides is 3. The van der Waals surface area contributed by atoms with E-state index in [1.54, 1.807) is 9.80 Å². The zero-order valence-electron chi connectivity index (χ0n) is 28.5. The molecule has 2 aromatic rings. The molecule has 0 aromatic heterocycles. The van der Waals surface area contributed by atoms with E-state index in [2.05, 4.69) is 10.2 Å². The van der Waals surface area contributed by atoms with E-state index in [-0.39, 0.29) is 47.3 Å². The molecule has 4 heterocycles. The van der Waals surface area contributed by atoms with E-state index in [1.807, 2.05) is 29.2 Å². The van der Waals surface area contributed by atoms with E-state index in [9.17, 15) is 27.6 Å². The molecule has 0 radical (unpaired) electrons. The summed E-state index contributed by atoms with van der Waals surface area (Å²) in [5.74, 6) is -0.794. The first-order valence-electron chi connectivity index (χ1n) is 18.1. The van der Waals surface area contributed by atoms with Crippen LogP contribution in [0.25, 0.3) is 0 Å². The van der Waals surface area contributed by atoms with E-state index >= 15 is 0 Å². The van der Waals surface area contributed by atoms with Gasteiger partial charge < -0.3 is 30.7 Å². The Hall–Kier alpha value is -3.51. The largest absolute Gasteiger partial charge is 0.418 e. The van der Waals surface area contributed by atoms with Gasteiger partial charge in [-0.15, -0.1) is 0 Å². The van der Waals surface area contributed by atoms with Crippen LogP contribution in [0, 0.1) is 11.8 Å². The van der Waals surface area contributed by atoms with E-state index in [1.165, 1.54) is 25.3 Å². The van der Waals surface area contributed by atoms with Crippen LogP contribution in [0.3, 0.4) is 0 Å². The van der Waals surface area contributed by atoms with Gasteiger partial charge in [-0.2, -0.15) is 13.2 Å². The summed E-state index contributed by atoms with van der Waals surface area (Å²) in [4.78, 5) is 48.8. The Bertz CT molecular complexity index is 1530. The standard InChI is InChI=1S/C37H48ClF3N6O3/c38-31-22-26(21-30(34(31)42)37(39,40)41)20-28(35(49)46-15-8-25(9-16-46)24-44-13-4-1-5-14-44)23-33(48)45-17-11-29(12-18-45)47-19-10-27-6-2-3-7-32(27)43-36(47)50/h2-3,6-7,21-22,25,28-29H,1,4-5,8-20,23-24,42H2,(H,43,50)/t28-/m0/s1. The molecule has 13 heteroatoms. The number of rotatable bonds is 8.